The van der Waals surface area contributed by atoms with Crippen molar-refractivity contribution in [2.24, 2.45) is 0 Å². The zero-order chi connectivity index (χ0) is 17.8. The summed E-state index contributed by atoms with van der Waals surface area (Å²) < 4.78 is 5.12. The average Bonchev–Trinajstić information content (AvgIpc) is 3.02. The first-order valence-corrected chi connectivity index (χ1v) is 8.97. The van der Waals surface area contributed by atoms with Crippen LogP contribution in [0.15, 0.2) is 41.8 Å². The molecule has 2 heterocycles. The number of nitrogens with one attached hydrogen (secondary N) is 2. The summed E-state index contributed by atoms with van der Waals surface area (Å²) in [6, 6.07) is 6.98. The third kappa shape index (κ3) is 4.05. The summed E-state index contributed by atoms with van der Waals surface area (Å²) in [5, 5.41) is 3.74. The monoisotopic (exact) mass is 376 g/mol. The molecule has 3 aromatic rings. The molecular weight excluding hydrogens is 360 g/mol. The molecule has 0 aliphatic carbocycles. The van der Waals surface area contributed by atoms with E-state index in [9.17, 15) is 4.79 Å². The molecule has 1 unspecified atom stereocenters. The number of amides is 1. The van der Waals surface area contributed by atoms with Crippen molar-refractivity contribution in [2.45, 2.75) is 23.8 Å². The Bertz CT molecular complexity index is 866. The van der Waals surface area contributed by atoms with E-state index in [1.807, 2.05) is 13.0 Å². The lowest BCUT2D eigenvalue weighted by molar-refractivity contribution is -0.115. The van der Waals surface area contributed by atoms with Crippen molar-refractivity contribution in [3.05, 3.63) is 41.7 Å². The number of ether oxygens (including phenoxy) is 1. The van der Waals surface area contributed by atoms with Crippen LogP contribution in [0.4, 0.5) is 5.69 Å². The van der Waals surface area contributed by atoms with E-state index in [1.165, 1.54) is 11.8 Å². The fourth-order valence-electron chi connectivity index (χ4n) is 2.31. The zero-order valence-electron chi connectivity index (χ0n) is 13.7. The smallest absolute Gasteiger partial charge is 0.237 e. The predicted octanol–water partition coefficient (Wildman–Crippen LogP) is 4.13. The Balaban J connectivity index is 1.71. The minimum absolute atomic E-state index is 0.104. The molecule has 1 atom stereocenters. The second-order valence-corrected chi connectivity index (χ2v) is 6.89. The number of nitrogens with zero attached hydrogens (tertiary/aromatic N) is 2. The number of thioether (sulfide) groups is 1. The van der Waals surface area contributed by atoms with Crippen LogP contribution in [-0.2, 0) is 4.79 Å². The first kappa shape index (κ1) is 17.6. The predicted molar refractivity (Wildman–Crippen MR) is 100 cm³/mol. The number of aromatic amines is 1. The van der Waals surface area contributed by atoms with Crippen LogP contribution in [0.3, 0.4) is 0 Å². The molecule has 0 aliphatic heterocycles. The van der Waals surface area contributed by atoms with Gasteiger partial charge in [-0.25, -0.2) is 4.98 Å². The maximum Gasteiger partial charge on any atom is 0.237 e. The normalized spacial score (nSPS) is 12.1. The van der Waals surface area contributed by atoms with E-state index in [0.717, 1.165) is 11.0 Å². The second kappa shape index (κ2) is 7.76. The molecule has 0 bridgehead atoms. The third-order valence-corrected chi connectivity index (χ3v) is 5.14. The highest BCUT2D eigenvalue weighted by molar-refractivity contribution is 8.00. The quantitative estimate of drug-likeness (QED) is 0.632. The maximum atomic E-state index is 12.6. The van der Waals surface area contributed by atoms with Gasteiger partial charge in [0.1, 0.15) is 5.75 Å². The van der Waals surface area contributed by atoms with Gasteiger partial charge < -0.3 is 15.0 Å². The number of H-pyrrole nitrogens is 1. The summed E-state index contributed by atoms with van der Waals surface area (Å²) in [4.78, 5) is 24.3. The molecule has 8 heteroatoms. The van der Waals surface area contributed by atoms with Crippen molar-refractivity contribution in [2.75, 3.05) is 12.4 Å². The lowest BCUT2D eigenvalue weighted by atomic mass is 10.2. The van der Waals surface area contributed by atoms with E-state index in [1.54, 1.807) is 37.7 Å². The summed E-state index contributed by atoms with van der Waals surface area (Å²) in [5.41, 5.74) is 2.31. The molecule has 25 heavy (non-hydrogen) atoms. The number of imidazole rings is 1. The molecule has 0 radical (unpaired) electrons. The van der Waals surface area contributed by atoms with Crippen molar-refractivity contribution < 1.29 is 9.53 Å². The van der Waals surface area contributed by atoms with Gasteiger partial charge in [0.15, 0.2) is 5.16 Å². The first-order chi connectivity index (χ1) is 12.1. The topological polar surface area (TPSA) is 79.9 Å². The van der Waals surface area contributed by atoms with Gasteiger partial charge in [-0.2, -0.15) is 0 Å². The Hall–Kier alpha value is -2.25. The Labute approximate surface area is 154 Å². The molecule has 0 fully saturated rings. The van der Waals surface area contributed by atoms with Crippen LogP contribution >= 0.6 is 23.4 Å². The number of aromatic nitrogens is 3. The largest absolute Gasteiger partial charge is 0.495 e. The van der Waals surface area contributed by atoms with E-state index < -0.39 is 0 Å². The average molecular weight is 377 g/mol. The molecule has 1 amide bonds. The van der Waals surface area contributed by atoms with Crippen molar-refractivity contribution in [1.82, 2.24) is 15.0 Å². The summed E-state index contributed by atoms with van der Waals surface area (Å²) in [7, 11) is 1.55. The SMILES string of the molecule is CCC(Sc1nc2ccncc2[nH]1)C(=O)Nc1ccc(OC)c(Cl)c1. The molecule has 2 aromatic heterocycles. The van der Waals surface area contributed by atoms with Crippen molar-refractivity contribution in [3.63, 3.8) is 0 Å². The number of halogens is 1. The van der Waals surface area contributed by atoms with Gasteiger partial charge >= 0.3 is 0 Å². The summed E-state index contributed by atoms with van der Waals surface area (Å²) in [5.74, 6) is 0.462. The minimum atomic E-state index is -0.283. The second-order valence-electron chi connectivity index (χ2n) is 5.29. The number of hydrogen-bond donors (Lipinski definition) is 2. The number of benzene rings is 1. The molecule has 0 spiro atoms. The molecule has 6 nitrogen and oxygen atoms in total. The van der Waals surface area contributed by atoms with Gasteiger partial charge in [-0.05, 0) is 30.7 Å². The van der Waals surface area contributed by atoms with Gasteiger partial charge in [0.2, 0.25) is 5.91 Å². The van der Waals surface area contributed by atoms with Gasteiger partial charge in [-0.3, -0.25) is 9.78 Å². The fourth-order valence-corrected chi connectivity index (χ4v) is 3.49. The molecule has 0 saturated carbocycles. The molecule has 1 aromatic carbocycles. The number of anilines is 1. The summed E-state index contributed by atoms with van der Waals surface area (Å²) >= 11 is 7.49. The van der Waals surface area contributed by atoms with Gasteiger partial charge in [-0.1, -0.05) is 30.3 Å². The molecule has 2 N–H and O–H groups in total. The third-order valence-electron chi connectivity index (χ3n) is 3.60. The highest BCUT2D eigenvalue weighted by Crippen LogP contribution is 2.29. The van der Waals surface area contributed by atoms with Crippen molar-refractivity contribution >= 4 is 46.0 Å². The van der Waals surface area contributed by atoms with E-state index in [0.29, 0.717) is 28.0 Å². The Morgan fingerprint density at radius 3 is 2.96 bits per heavy atom. The number of hydrogen-bond acceptors (Lipinski definition) is 5. The molecule has 0 aliphatic rings. The van der Waals surface area contributed by atoms with Gasteiger partial charge in [-0.15, -0.1) is 0 Å². The summed E-state index contributed by atoms with van der Waals surface area (Å²) in [6.45, 7) is 1.96. The maximum absolute atomic E-state index is 12.6. The zero-order valence-corrected chi connectivity index (χ0v) is 15.3. The Morgan fingerprint density at radius 2 is 2.28 bits per heavy atom. The van der Waals surface area contributed by atoms with Crippen LogP contribution in [0.5, 0.6) is 5.75 Å². The number of rotatable bonds is 6. The Morgan fingerprint density at radius 1 is 1.44 bits per heavy atom. The lowest BCUT2D eigenvalue weighted by Crippen LogP contribution is -2.24. The van der Waals surface area contributed by atoms with Crippen LogP contribution < -0.4 is 10.1 Å². The Kier molecular flexibility index (Phi) is 5.45. The standard InChI is InChI=1S/C17H17ClN4O2S/c1-3-15(25-17-21-12-6-7-19-9-13(12)22-17)16(23)20-10-4-5-14(24-2)11(18)8-10/h4-9,15H,3H2,1-2H3,(H,20,23)(H,21,22). The van der Waals surface area contributed by atoms with Crippen LogP contribution in [0.2, 0.25) is 5.02 Å². The van der Waals surface area contributed by atoms with E-state index in [-0.39, 0.29) is 11.2 Å². The highest BCUT2D eigenvalue weighted by Gasteiger charge is 2.20. The van der Waals surface area contributed by atoms with Crippen molar-refractivity contribution in [1.29, 1.82) is 0 Å². The summed E-state index contributed by atoms with van der Waals surface area (Å²) in [6.07, 6.45) is 4.07. The number of pyridine rings is 1. The lowest BCUT2D eigenvalue weighted by Gasteiger charge is -2.14. The fraction of sp³-hybridized carbons (Fsp3) is 0.235. The van der Waals surface area contributed by atoms with E-state index >= 15 is 0 Å². The highest BCUT2D eigenvalue weighted by atomic mass is 35.5. The van der Waals surface area contributed by atoms with Crippen molar-refractivity contribution in [3.8, 4) is 5.75 Å². The molecule has 3 rings (SSSR count). The van der Waals surface area contributed by atoms with E-state index in [2.05, 4.69) is 20.3 Å². The van der Waals surface area contributed by atoms with E-state index in [4.69, 9.17) is 16.3 Å². The number of carbonyl (C=O) groups is 1. The molecule has 0 saturated heterocycles. The van der Waals surface area contributed by atoms with Crippen LogP contribution in [-0.4, -0.2) is 33.2 Å². The van der Waals surface area contributed by atoms with Gasteiger partial charge in [0.05, 0.1) is 34.6 Å². The number of methoxy groups -OCH3 is 1. The molecular formula is C17H17ClN4O2S. The van der Waals surface area contributed by atoms with Gasteiger partial charge in [0.25, 0.3) is 0 Å². The van der Waals surface area contributed by atoms with Gasteiger partial charge in [0, 0.05) is 11.9 Å². The van der Waals surface area contributed by atoms with Crippen LogP contribution in [0.25, 0.3) is 11.0 Å². The first-order valence-electron chi connectivity index (χ1n) is 7.71. The minimum Gasteiger partial charge on any atom is -0.495 e. The number of fused-ring (bicyclic) bond motifs is 1. The van der Waals surface area contributed by atoms with Crippen LogP contribution in [0.1, 0.15) is 13.3 Å². The number of carbonyl (C=O) groups excluding carboxylic acids is 1. The van der Waals surface area contributed by atoms with Crippen LogP contribution in [0, 0.1) is 0 Å². The molecule has 130 valence electrons.